The summed E-state index contributed by atoms with van der Waals surface area (Å²) in [7, 11) is 2.20. The summed E-state index contributed by atoms with van der Waals surface area (Å²) < 4.78 is 6.28. The molecular weight excluding hydrogens is 364 g/mol. The maximum absolute atomic E-state index is 10.8. The maximum atomic E-state index is 10.8. The molecule has 4 aliphatic rings. The highest BCUT2D eigenvalue weighted by Crippen LogP contribution is 2.63. The first-order valence-corrected chi connectivity index (χ1v) is 10.5. The van der Waals surface area contributed by atoms with E-state index in [0.717, 1.165) is 30.6 Å². The Morgan fingerprint density at radius 1 is 1.24 bits per heavy atom. The van der Waals surface area contributed by atoms with Gasteiger partial charge >= 0.3 is 0 Å². The SMILES string of the molecule is CN1CC[C@]23c4c5c(NCc6ccccc6)cc(O)c4O[C@H]2[C@@H](O)C=C[C@H]3[C@H]1C5. The van der Waals surface area contributed by atoms with Crippen LogP contribution in [0.3, 0.4) is 0 Å². The molecule has 1 spiro atoms. The minimum Gasteiger partial charge on any atom is -0.504 e. The highest BCUT2D eigenvalue weighted by molar-refractivity contribution is 5.71. The van der Waals surface area contributed by atoms with Gasteiger partial charge in [-0.25, -0.2) is 0 Å². The number of rotatable bonds is 3. The Morgan fingerprint density at radius 3 is 2.90 bits per heavy atom. The second kappa shape index (κ2) is 6.00. The molecule has 0 saturated carbocycles. The van der Waals surface area contributed by atoms with E-state index < -0.39 is 6.10 Å². The zero-order valence-electron chi connectivity index (χ0n) is 16.5. The standard InChI is InChI=1S/C24H26N2O3/c1-26-10-9-24-16-7-8-19(27)23(24)29-22-20(28)12-17(15(21(22)24)11-18(16)26)25-13-14-5-3-2-4-6-14/h2-8,12,16,18-19,23,25,27-28H,9-11,13H2,1H3/t16-,18+,19-,23-,24-/m0/s1. The summed E-state index contributed by atoms with van der Waals surface area (Å²) in [5.41, 5.74) is 4.31. The van der Waals surface area contributed by atoms with Gasteiger partial charge in [0.15, 0.2) is 11.5 Å². The van der Waals surface area contributed by atoms with Gasteiger partial charge in [-0.3, -0.25) is 0 Å². The molecule has 5 nitrogen and oxygen atoms in total. The van der Waals surface area contributed by atoms with Crippen LogP contribution in [0, 0.1) is 5.92 Å². The lowest BCUT2D eigenvalue weighted by molar-refractivity contribution is -0.0452. The first-order valence-electron chi connectivity index (χ1n) is 10.5. The largest absolute Gasteiger partial charge is 0.504 e. The molecule has 2 heterocycles. The molecule has 5 heteroatoms. The number of aromatic hydroxyl groups is 1. The number of anilines is 1. The van der Waals surface area contributed by atoms with Gasteiger partial charge in [-0.05, 0) is 37.6 Å². The predicted molar refractivity (Wildman–Crippen MR) is 111 cm³/mol. The van der Waals surface area contributed by atoms with Crippen molar-refractivity contribution in [1.82, 2.24) is 4.90 Å². The summed E-state index contributed by atoms with van der Waals surface area (Å²) in [4.78, 5) is 2.45. The number of likely N-dealkylation sites (N-methyl/N-ethyl adjacent to an activating group) is 1. The van der Waals surface area contributed by atoms with Crippen molar-refractivity contribution < 1.29 is 14.9 Å². The summed E-state index contributed by atoms with van der Waals surface area (Å²) >= 11 is 0. The number of nitrogens with zero attached hydrogens (tertiary/aromatic N) is 1. The number of nitrogens with one attached hydrogen (secondary N) is 1. The zero-order chi connectivity index (χ0) is 19.8. The van der Waals surface area contributed by atoms with Crippen LogP contribution >= 0.6 is 0 Å². The van der Waals surface area contributed by atoms with Crippen molar-refractivity contribution >= 4 is 5.69 Å². The van der Waals surface area contributed by atoms with Crippen LogP contribution in [-0.2, 0) is 18.4 Å². The van der Waals surface area contributed by atoms with Crippen LogP contribution in [-0.4, -0.2) is 47.0 Å². The van der Waals surface area contributed by atoms with Crippen molar-refractivity contribution in [2.45, 2.75) is 43.1 Å². The number of aliphatic hydroxyl groups excluding tert-OH is 1. The Balaban J connectivity index is 1.50. The quantitative estimate of drug-likeness (QED) is 0.704. The fraction of sp³-hybridized carbons (Fsp3) is 0.417. The van der Waals surface area contributed by atoms with Crippen LogP contribution in [0.2, 0.25) is 0 Å². The predicted octanol–water partition coefficient (Wildman–Crippen LogP) is 2.81. The third-order valence-electron chi connectivity index (χ3n) is 7.60. The van der Waals surface area contributed by atoms with Crippen LogP contribution in [0.4, 0.5) is 5.69 Å². The van der Waals surface area contributed by atoms with Gasteiger partial charge in [-0.2, -0.15) is 0 Å². The molecule has 1 fully saturated rings. The fourth-order valence-electron chi connectivity index (χ4n) is 6.27. The molecule has 2 aliphatic heterocycles. The van der Waals surface area contributed by atoms with E-state index in [1.54, 1.807) is 6.07 Å². The van der Waals surface area contributed by atoms with E-state index in [1.807, 2.05) is 24.3 Å². The third kappa shape index (κ3) is 2.23. The fourth-order valence-corrected chi connectivity index (χ4v) is 6.27. The molecule has 5 atom stereocenters. The number of piperidine rings is 1. The summed E-state index contributed by atoms with van der Waals surface area (Å²) in [5, 5.41) is 25.2. The number of phenolic OH excluding ortho intramolecular Hbond substituents is 1. The normalized spacial score (nSPS) is 33.9. The summed E-state index contributed by atoms with van der Waals surface area (Å²) in [6, 6.07) is 12.5. The van der Waals surface area contributed by atoms with Crippen molar-refractivity contribution in [3.05, 3.63) is 65.2 Å². The van der Waals surface area contributed by atoms with Crippen LogP contribution in [0.1, 0.15) is 23.1 Å². The van der Waals surface area contributed by atoms with E-state index in [-0.39, 0.29) is 17.3 Å². The molecule has 29 heavy (non-hydrogen) atoms. The van der Waals surface area contributed by atoms with Crippen LogP contribution < -0.4 is 10.1 Å². The molecular formula is C24H26N2O3. The minimum atomic E-state index is -0.645. The summed E-state index contributed by atoms with van der Waals surface area (Å²) in [6.07, 6.45) is 4.97. The second-order valence-electron chi connectivity index (χ2n) is 8.95. The Morgan fingerprint density at radius 2 is 2.07 bits per heavy atom. The zero-order valence-corrected chi connectivity index (χ0v) is 16.5. The highest BCUT2D eigenvalue weighted by atomic mass is 16.5. The lowest BCUT2D eigenvalue weighted by atomic mass is 9.53. The average molecular weight is 390 g/mol. The number of aliphatic hydroxyl groups is 1. The van der Waals surface area contributed by atoms with E-state index in [1.165, 1.54) is 11.1 Å². The Hall–Kier alpha value is -2.50. The summed E-state index contributed by atoms with van der Waals surface area (Å²) in [5.74, 6) is 1.06. The number of hydrogen-bond donors (Lipinski definition) is 3. The van der Waals surface area contributed by atoms with Gasteiger partial charge in [0.2, 0.25) is 0 Å². The number of ether oxygens (including phenoxy) is 1. The van der Waals surface area contributed by atoms with Gasteiger partial charge in [-0.15, -0.1) is 0 Å². The Labute approximate surface area is 170 Å². The third-order valence-corrected chi connectivity index (χ3v) is 7.60. The van der Waals surface area contributed by atoms with Crippen molar-refractivity contribution in [3.8, 4) is 11.5 Å². The molecule has 1 saturated heterocycles. The molecule has 0 radical (unpaired) electrons. The smallest absolute Gasteiger partial charge is 0.165 e. The highest BCUT2D eigenvalue weighted by Gasteiger charge is 2.64. The first kappa shape index (κ1) is 17.4. The lowest BCUT2D eigenvalue weighted by Gasteiger charge is -2.56. The minimum absolute atomic E-state index is 0.173. The summed E-state index contributed by atoms with van der Waals surface area (Å²) in [6.45, 7) is 1.68. The second-order valence-corrected chi connectivity index (χ2v) is 8.95. The molecule has 2 aromatic carbocycles. The Bertz CT molecular complexity index is 1000. The van der Waals surface area contributed by atoms with E-state index >= 15 is 0 Å². The average Bonchev–Trinajstić information content (AvgIpc) is 3.09. The van der Waals surface area contributed by atoms with E-state index in [2.05, 4.69) is 35.5 Å². The number of phenols is 1. The van der Waals surface area contributed by atoms with Gasteiger partial charge in [0.25, 0.3) is 0 Å². The number of likely N-dealkylation sites (tertiary alicyclic amines) is 1. The molecule has 150 valence electrons. The van der Waals surface area contributed by atoms with Gasteiger partial charge in [0.05, 0.1) is 0 Å². The molecule has 0 unspecified atom stereocenters. The van der Waals surface area contributed by atoms with Crippen molar-refractivity contribution in [1.29, 1.82) is 0 Å². The monoisotopic (exact) mass is 390 g/mol. The molecule has 0 amide bonds. The van der Waals surface area contributed by atoms with E-state index in [0.29, 0.717) is 24.3 Å². The van der Waals surface area contributed by atoms with Crippen molar-refractivity contribution in [2.24, 2.45) is 5.92 Å². The lowest BCUT2D eigenvalue weighted by Crippen LogP contribution is -2.64. The van der Waals surface area contributed by atoms with Gasteiger partial charge in [0, 0.05) is 41.2 Å². The molecule has 0 aromatic heterocycles. The van der Waals surface area contributed by atoms with Gasteiger partial charge < -0.3 is 25.2 Å². The topological polar surface area (TPSA) is 65.0 Å². The maximum Gasteiger partial charge on any atom is 0.165 e. The molecule has 6 rings (SSSR count). The first-order chi connectivity index (χ1) is 14.1. The van der Waals surface area contributed by atoms with Crippen LogP contribution in [0.25, 0.3) is 0 Å². The van der Waals surface area contributed by atoms with Crippen LogP contribution in [0.15, 0.2) is 48.6 Å². The number of benzene rings is 2. The van der Waals surface area contributed by atoms with E-state index in [4.69, 9.17) is 4.74 Å². The Kier molecular flexibility index (Phi) is 3.59. The van der Waals surface area contributed by atoms with Gasteiger partial charge in [-0.1, -0.05) is 42.5 Å². The molecule has 2 bridgehead atoms. The number of hydrogen-bond acceptors (Lipinski definition) is 5. The van der Waals surface area contributed by atoms with Crippen molar-refractivity contribution in [3.63, 3.8) is 0 Å². The van der Waals surface area contributed by atoms with Crippen LogP contribution in [0.5, 0.6) is 11.5 Å². The van der Waals surface area contributed by atoms with E-state index in [9.17, 15) is 10.2 Å². The van der Waals surface area contributed by atoms with Crippen molar-refractivity contribution in [2.75, 3.05) is 18.9 Å². The molecule has 2 aromatic rings. The van der Waals surface area contributed by atoms with Gasteiger partial charge in [0.1, 0.15) is 12.2 Å². The molecule has 3 N–H and O–H groups in total. The molecule has 2 aliphatic carbocycles.